The number of hydrogen-bond donors (Lipinski definition) is 2. The van der Waals surface area contributed by atoms with Crippen LogP contribution >= 0.6 is 0 Å². The Balaban J connectivity index is 1.37. The van der Waals surface area contributed by atoms with Gasteiger partial charge in [0.1, 0.15) is 0 Å². The lowest BCUT2D eigenvalue weighted by atomic mass is 9.44. The van der Waals surface area contributed by atoms with Crippen LogP contribution in [0.25, 0.3) is 0 Å². The van der Waals surface area contributed by atoms with Gasteiger partial charge in [-0.3, -0.25) is 9.74 Å². The molecule has 4 saturated carbocycles. The van der Waals surface area contributed by atoms with Gasteiger partial charge in [0, 0.05) is 32.1 Å². The largest absolute Gasteiger partial charge is 0.436 e. The number of hydrogen-bond acceptors (Lipinski definition) is 6. The van der Waals surface area contributed by atoms with Crippen LogP contribution in [0.5, 0.6) is 0 Å². The van der Waals surface area contributed by atoms with Gasteiger partial charge < -0.3 is 19.8 Å². The Morgan fingerprint density at radius 2 is 1.63 bits per heavy atom. The molecule has 4 aliphatic carbocycles. The van der Waals surface area contributed by atoms with E-state index < -0.39 is 0 Å². The van der Waals surface area contributed by atoms with Gasteiger partial charge in [-0.25, -0.2) is 4.79 Å². The third-order valence-corrected chi connectivity index (χ3v) is 12.0. The zero-order valence-electron chi connectivity index (χ0n) is 27.6. The van der Waals surface area contributed by atoms with Crippen molar-refractivity contribution in [2.75, 3.05) is 74.5 Å². The van der Waals surface area contributed by atoms with E-state index in [4.69, 9.17) is 4.84 Å². The number of rotatable bonds is 11. The minimum Gasteiger partial charge on any atom is -0.393 e. The van der Waals surface area contributed by atoms with Crippen LogP contribution < -0.4 is 5.32 Å². The van der Waals surface area contributed by atoms with Gasteiger partial charge in [-0.1, -0.05) is 19.0 Å². The normalized spacial score (nSPS) is 37.4. The second-order valence-electron chi connectivity index (χ2n) is 15.9. The Morgan fingerprint density at radius 3 is 2.34 bits per heavy atom. The molecule has 41 heavy (non-hydrogen) atoms. The summed E-state index contributed by atoms with van der Waals surface area (Å²) in [5, 5.41) is 18.3. The predicted molar refractivity (Wildman–Crippen MR) is 167 cm³/mol. The number of carbonyl (C=O) groups is 1. The summed E-state index contributed by atoms with van der Waals surface area (Å²) < 4.78 is 0.796. The molecule has 4 fully saturated rings. The van der Waals surface area contributed by atoms with E-state index in [1.165, 1.54) is 38.5 Å². The van der Waals surface area contributed by atoms with E-state index >= 15 is 0 Å². The monoisotopic (exact) mass is 576 g/mol. The number of aliphatic hydroxyl groups excluding tert-OH is 1. The van der Waals surface area contributed by atoms with Gasteiger partial charge in [-0.2, -0.15) is 0 Å². The maximum Gasteiger partial charge on any atom is 0.436 e. The van der Waals surface area contributed by atoms with Crippen molar-refractivity contribution in [2.24, 2.45) is 45.6 Å². The van der Waals surface area contributed by atoms with E-state index in [1.807, 2.05) is 4.90 Å². The zero-order chi connectivity index (χ0) is 30.0. The molecular formula is C33H62N5O3+. The van der Waals surface area contributed by atoms with Crippen LogP contribution in [-0.2, 0) is 4.84 Å². The Labute approximate surface area is 250 Å². The van der Waals surface area contributed by atoms with Crippen LogP contribution in [0.2, 0.25) is 0 Å². The second kappa shape index (κ2) is 13.2. The molecule has 0 saturated heterocycles. The molecule has 236 valence electrons. The van der Waals surface area contributed by atoms with Crippen molar-refractivity contribution in [3.8, 4) is 0 Å². The lowest BCUT2D eigenvalue weighted by molar-refractivity contribution is -0.869. The first-order valence-corrected chi connectivity index (χ1v) is 16.6. The number of carbonyl (C=O) groups excluding carboxylic acids is 1. The number of nitrogens with zero attached hydrogens (tertiary/aromatic N) is 4. The average molecular weight is 577 g/mol. The predicted octanol–water partition coefficient (Wildman–Crippen LogP) is 4.68. The highest BCUT2D eigenvalue weighted by molar-refractivity contribution is 5.85. The molecule has 0 aromatic heterocycles. The summed E-state index contributed by atoms with van der Waals surface area (Å²) in [6.45, 7) is 11.9. The van der Waals surface area contributed by atoms with Crippen LogP contribution in [-0.4, -0.2) is 112 Å². The molecule has 4 aliphatic rings. The van der Waals surface area contributed by atoms with Crippen molar-refractivity contribution < 1.29 is 19.2 Å². The second-order valence-corrected chi connectivity index (χ2v) is 15.9. The van der Waals surface area contributed by atoms with Gasteiger partial charge in [-0.15, -0.1) is 0 Å². The molecule has 1 amide bonds. The zero-order valence-corrected chi connectivity index (χ0v) is 27.6. The van der Waals surface area contributed by atoms with Crippen LogP contribution in [0.3, 0.4) is 0 Å². The van der Waals surface area contributed by atoms with Crippen molar-refractivity contribution >= 4 is 11.8 Å². The smallest absolute Gasteiger partial charge is 0.393 e. The summed E-state index contributed by atoms with van der Waals surface area (Å²) in [7, 11) is 10.6. The summed E-state index contributed by atoms with van der Waals surface area (Å²) in [6.07, 6.45) is 10.3. The molecule has 2 N–H and O–H groups in total. The summed E-state index contributed by atoms with van der Waals surface area (Å²) in [5.41, 5.74) is 1.63. The van der Waals surface area contributed by atoms with E-state index in [2.05, 4.69) is 71.4 Å². The van der Waals surface area contributed by atoms with E-state index in [0.717, 1.165) is 73.4 Å². The molecule has 0 heterocycles. The topological polar surface area (TPSA) is 77.4 Å². The number of aliphatic hydroxyl groups is 1. The Morgan fingerprint density at radius 1 is 0.951 bits per heavy atom. The van der Waals surface area contributed by atoms with Crippen LogP contribution in [0.1, 0.15) is 78.6 Å². The van der Waals surface area contributed by atoms with Crippen LogP contribution in [0.4, 0.5) is 4.79 Å². The van der Waals surface area contributed by atoms with Crippen molar-refractivity contribution in [3.63, 3.8) is 0 Å². The fourth-order valence-corrected chi connectivity index (χ4v) is 9.51. The molecule has 0 aromatic carbocycles. The van der Waals surface area contributed by atoms with Gasteiger partial charge in [0.05, 0.1) is 46.0 Å². The third kappa shape index (κ3) is 7.47. The highest BCUT2D eigenvalue weighted by Gasteiger charge is 2.60. The average Bonchev–Trinajstić information content (AvgIpc) is 3.25. The van der Waals surface area contributed by atoms with Gasteiger partial charge in [-0.05, 0) is 113 Å². The summed E-state index contributed by atoms with van der Waals surface area (Å²) in [6, 6.07) is 0. The van der Waals surface area contributed by atoms with Crippen LogP contribution in [0.15, 0.2) is 5.16 Å². The number of nitrogens with one attached hydrogen (secondary N) is 1. The molecule has 8 atom stereocenters. The Kier molecular flexibility index (Phi) is 10.5. The highest BCUT2D eigenvalue weighted by Crippen LogP contribution is 2.67. The molecular weight excluding hydrogens is 514 g/mol. The lowest BCUT2D eigenvalue weighted by Crippen LogP contribution is -2.54. The van der Waals surface area contributed by atoms with Crippen LogP contribution in [0, 0.1) is 40.4 Å². The molecule has 0 aliphatic heterocycles. The molecule has 0 unspecified atom stereocenters. The lowest BCUT2D eigenvalue weighted by Gasteiger charge is -2.61. The van der Waals surface area contributed by atoms with Gasteiger partial charge in [0.15, 0.2) is 0 Å². The summed E-state index contributed by atoms with van der Waals surface area (Å²) in [5.74, 6) is 3.39. The number of likely N-dealkylation sites (N-methyl/N-ethyl adjacent to an activating group) is 2. The maximum absolute atomic E-state index is 13.2. The van der Waals surface area contributed by atoms with E-state index in [-0.39, 0.29) is 17.6 Å². The Bertz CT molecular complexity index is 919. The van der Waals surface area contributed by atoms with E-state index in [0.29, 0.717) is 30.3 Å². The van der Waals surface area contributed by atoms with Gasteiger partial charge >= 0.3 is 6.09 Å². The SMILES string of the molecule is C/C(=N\OC(=O)N(CCNCCN(C)C)CC[N+](C)(C)C)[C@H]1CC[C@H]2[C@@H]3CC[C@@H]4C[C@H](O)CC[C@]4(C)[C@H]3CC[C@]12C. The fourth-order valence-electron chi connectivity index (χ4n) is 9.51. The first-order valence-electron chi connectivity index (χ1n) is 16.6. The molecule has 8 heteroatoms. The third-order valence-electron chi connectivity index (χ3n) is 12.0. The van der Waals surface area contributed by atoms with E-state index in [9.17, 15) is 9.90 Å². The van der Waals surface area contributed by atoms with Gasteiger partial charge in [0.25, 0.3) is 0 Å². The van der Waals surface area contributed by atoms with Gasteiger partial charge in [0.2, 0.25) is 0 Å². The van der Waals surface area contributed by atoms with E-state index in [1.54, 1.807) is 0 Å². The van der Waals surface area contributed by atoms with Crippen molar-refractivity contribution in [3.05, 3.63) is 0 Å². The number of fused-ring (bicyclic) bond motifs is 5. The van der Waals surface area contributed by atoms with Crippen molar-refractivity contribution in [1.29, 1.82) is 0 Å². The van der Waals surface area contributed by atoms with Crippen molar-refractivity contribution in [1.82, 2.24) is 15.1 Å². The van der Waals surface area contributed by atoms with Crippen molar-refractivity contribution in [2.45, 2.75) is 84.7 Å². The first kappa shape index (κ1) is 32.7. The highest BCUT2D eigenvalue weighted by atomic mass is 16.7. The first-order chi connectivity index (χ1) is 19.2. The minimum absolute atomic E-state index is 0.0845. The molecule has 8 nitrogen and oxygen atoms in total. The fraction of sp³-hybridized carbons (Fsp3) is 0.939. The maximum atomic E-state index is 13.2. The molecule has 0 radical (unpaired) electrons. The summed E-state index contributed by atoms with van der Waals surface area (Å²) >= 11 is 0. The molecule has 0 bridgehead atoms. The number of oxime groups is 1. The molecule has 0 aromatic rings. The summed E-state index contributed by atoms with van der Waals surface area (Å²) in [4.78, 5) is 22.9. The number of quaternary nitrogens is 1. The minimum atomic E-state index is -0.332. The number of amides is 1. The molecule has 4 rings (SSSR count). The quantitative estimate of drug-likeness (QED) is 0.123. The Hall–Kier alpha value is -1.22. The standard InChI is InChI=1S/C33H62N5O3/c1-24(35-41-31(40)37(21-22-38(6,7)8)20-18-34-17-19-36(4)5)28-11-12-29-27-10-9-25-23-26(39)13-15-32(25,2)30(27)14-16-33(28,29)3/h25-30,34,39H,9-23H2,1-8H3/q+1/b35-24+/t25-,26-,27+,28-,29+,30+,32+,33-/m1/s1. The molecule has 0 spiro atoms.